The third-order valence-corrected chi connectivity index (χ3v) is 4.69. The number of aliphatic hydroxyl groups is 1. The van der Waals surface area contributed by atoms with Crippen LogP contribution in [0.2, 0.25) is 0 Å². The lowest BCUT2D eigenvalue weighted by Crippen LogP contribution is -2.14. The van der Waals surface area contributed by atoms with Crippen LogP contribution in [0.5, 0.6) is 0 Å². The molecule has 0 saturated heterocycles. The molecule has 19 heavy (non-hydrogen) atoms. The molecule has 3 rings (SSSR count). The first-order valence-corrected chi connectivity index (χ1v) is 6.90. The van der Waals surface area contributed by atoms with E-state index >= 15 is 0 Å². The summed E-state index contributed by atoms with van der Waals surface area (Å²) in [6.45, 7) is 0. The van der Waals surface area contributed by atoms with Crippen molar-refractivity contribution < 1.29 is 13.9 Å². The molecule has 0 fully saturated rings. The van der Waals surface area contributed by atoms with Gasteiger partial charge in [0.1, 0.15) is 0 Å². The molecule has 0 aromatic heterocycles. The Morgan fingerprint density at radius 2 is 1.89 bits per heavy atom. The summed E-state index contributed by atoms with van der Waals surface area (Å²) in [5, 5.41) is 10.2. The summed E-state index contributed by atoms with van der Waals surface area (Å²) in [7, 11) is 0. The van der Waals surface area contributed by atoms with Gasteiger partial charge in [0.05, 0.1) is 6.10 Å². The Hall–Kier alpha value is -1.39. The summed E-state index contributed by atoms with van der Waals surface area (Å²) in [4.78, 5) is 1.15. The molecule has 2 unspecified atom stereocenters. The first kappa shape index (κ1) is 12.6. The zero-order valence-corrected chi connectivity index (χ0v) is 10.8. The molecule has 1 aliphatic heterocycles. The average Bonchev–Trinajstić information content (AvgIpc) is 2.85. The number of thioether (sulfide) groups is 1. The smallest absolute Gasteiger partial charge is 0.159 e. The Morgan fingerprint density at radius 1 is 1.11 bits per heavy atom. The molecule has 0 amide bonds. The van der Waals surface area contributed by atoms with Crippen molar-refractivity contribution in [3.05, 3.63) is 65.2 Å². The largest absolute Gasteiger partial charge is 0.387 e. The van der Waals surface area contributed by atoms with E-state index in [0.717, 1.165) is 23.4 Å². The molecule has 98 valence electrons. The Balaban J connectivity index is 1.82. The van der Waals surface area contributed by atoms with Crippen molar-refractivity contribution in [2.75, 3.05) is 0 Å². The molecule has 0 radical (unpaired) electrons. The van der Waals surface area contributed by atoms with Crippen LogP contribution in [0, 0.1) is 11.6 Å². The van der Waals surface area contributed by atoms with Gasteiger partial charge >= 0.3 is 0 Å². The van der Waals surface area contributed by atoms with Crippen molar-refractivity contribution in [1.29, 1.82) is 0 Å². The van der Waals surface area contributed by atoms with Crippen LogP contribution in [0.1, 0.15) is 17.2 Å². The molecule has 1 aliphatic rings. The molecule has 1 heterocycles. The van der Waals surface area contributed by atoms with Crippen LogP contribution in [-0.2, 0) is 6.42 Å². The fourth-order valence-corrected chi connectivity index (χ4v) is 3.63. The van der Waals surface area contributed by atoms with Gasteiger partial charge in [-0.3, -0.25) is 0 Å². The number of fused-ring (bicyclic) bond motifs is 1. The molecule has 0 bridgehead atoms. The fourth-order valence-electron chi connectivity index (χ4n) is 2.30. The zero-order chi connectivity index (χ0) is 13.4. The normalized spacial score (nSPS) is 19.2. The Kier molecular flexibility index (Phi) is 3.29. The first-order valence-electron chi connectivity index (χ1n) is 6.03. The van der Waals surface area contributed by atoms with E-state index in [4.69, 9.17) is 0 Å². The molecule has 2 aromatic carbocycles. The second-order valence-electron chi connectivity index (χ2n) is 4.59. The molecule has 1 N–H and O–H groups in total. The van der Waals surface area contributed by atoms with E-state index in [-0.39, 0.29) is 5.25 Å². The van der Waals surface area contributed by atoms with E-state index < -0.39 is 17.7 Å². The maximum atomic E-state index is 13.2. The van der Waals surface area contributed by atoms with Gasteiger partial charge in [0.2, 0.25) is 0 Å². The van der Waals surface area contributed by atoms with E-state index in [1.54, 1.807) is 11.8 Å². The van der Waals surface area contributed by atoms with Gasteiger partial charge in [-0.15, -0.1) is 11.8 Å². The number of hydrogen-bond acceptors (Lipinski definition) is 2. The zero-order valence-electron chi connectivity index (χ0n) is 10.0. The molecule has 0 aliphatic carbocycles. The van der Waals surface area contributed by atoms with E-state index in [1.165, 1.54) is 11.6 Å². The minimum Gasteiger partial charge on any atom is -0.387 e. The summed E-state index contributed by atoms with van der Waals surface area (Å²) in [5.74, 6) is -1.81. The lowest BCUT2D eigenvalue weighted by molar-refractivity contribution is 0.174. The van der Waals surface area contributed by atoms with E-state index in [0.29, 0.717) is 5.56 Å². The minimum absolute atomic E-state index is 0.0535. The number of rotatable bonds is 2. The summed E-state index contributed by atoms with van der Waals surface area (Å²) in [5.41, 5.74) is 1.61. The van der Waals surface area contributed by atoms with Gasteiger partial charge in [-0.05, 0) is 35.7 Å². The van der Waals surface area contributed by atoms with Crippen LogP contribution in [0.15, 0.2) is 47.4 Å². The molecule has 1 nitrogen and oxygen atoms in total. The van der Waals surface area contributed by atoms with Crippen molar-refractivity contribution in [3.8, 4) is 0 Å². The van der Waals surface area contributed by atoms with Crippen LogP contribution in [-0.4, -0.2) is 10.4 Å². The van der Waals surface area contributed by atoms with Gasteiger partial charge in [-0.1, -0.05) is 24.3 Å². The maximum absolute atomic E-state index is 13.2. The van der Waals surface area contributed by atoms with Gasteiger partial charge in [0.15, 0.2) is 11.6 Å². The predicted octanol–water partition coefficient (Wildman–Crippen LogP) is 3.72. The van der Waals surface area contributed by atoms with Gasteiger partial charge < -0.3 is 5.11 Å². The predicted molar refractivity (Wildman–Crippen MR) is 71.1 cm³/mol. The second kappa shape index (κ2) is 4.94. The molecule has 2 aromatic rings. The van der Waals surface area contributed by atoms with Gasteiger partial charge in [-0.25, -0.2) is 8.78 Å². The lowest BCUT2D eigenvalue weighted by atomic mass is 10.0. The summed E-state index contributed by atoms with van der Waals surface area (Å²) in [6.07, 6.45) is -0.0615. The second-order valence-corrected chi connectivity index (χ2v) is 5.87. The third kappa shape index (κ3) is 2.38. The highest BCUT2D eigenvalue weighted by molar-refractivity contribution is 8.00. The molecular formula is C15H12F2OS. The monoisotopic (exact) mass is 278 g/mol. The summed E-state index contributed by atoms with van der Waals surface area (Å²) >= 11 is 1.58. The molecule has 0 spiro atoms. The summed E-state index contributed by atoms with van der Waals surface area (Å²) < 4.78 is 26.1. The number of benzene rings is 2. The van der Waals surface area contributed by atoms with E-state index in [1.807, 2.05) is 24.3 Å². The Bertz CT molecular complexity index is 590. The highest BCUT2D eigenvalue weighted by atomic mass is 32.2. The van der Waals surface area contributed by atoms with Crippen LogP contribution in [0.3, 0.4) is 0 Å². The Morgan fingerprint density at radius 3 is 2.63 bits per heavy atom. The van der Waals surface area contributed by atoms with Crippen molar-refractivity contribution in [2.45, 2.75) is 22.7 Å². The standard InChI is InChI=1S/C15H12F2OS/c16-11-6-5-10(7-12(11)17)15(18)14-8-9-3-1-2-4-13(9)19-14/h1-7,14-15,18H,8H2. The van der Waals surface area contributed by atoms with E-state index in [2.05, 4.69) is 0 Å². The SMILES string of the molecule is OC(c1ccc(F)c(F)c1)C1Cc2ccccc2S1. The Labute approximate surface area is 114 Å². The average molecular weight is 278 g/mol. The maximum Gasteiger partial charge on any atom is 0.159 e. The third-order valence-electron chi connectivity index (χ3n) is 3.31. The van der Waals surface area contributed by atoms with Crippen LogP contribution in [0.25, 0.3) is 0 Å². The van der Waals surface area contributed by atoms with Crippen molar-refractivity contribution in [3.63, 3.8) is 0 Å². The van der Waals surface area contributed by atoms with Gasteiger partial charge in [0, 0.05) is 10.1 Å². The van der Waals surface area contributed by atoms with Gasteiger partial charge in [0.25, 0.3) is 0 Å². The van der Waals surface area contributed by atoms with Crippen molar-refractivity contribution in [2.24, 2.45) is 0 Å². The van der Waals surface area contributed by atoms with E-state index in [9.17, 15) is 13.9 Å². The van der Waals surface area contributed by atoms with Gasteiger partial charge in [-0.2, -0.15) is 0 Å². The fraction of sp³-hybridized carbons (Fsp3) is 0.200. The number of aliphatic hydroxyl groups excluding tert-OH is 1. The number of halogens is 2. The quantitative estimate of drug-likeness (QED) is 0.903. The number of hydrogen-bond donors (Lipinski definition) is 1. The topological polar surface area (TPSA) is 20.2 Å². The first-order chi connectivity index (χ1) is 9.15. The van der Waals surface area contributed by atoms with Crippen molar-refractivity contribution >= 4 is 11.8 Å². The van der Waals surface area contributed by atoms with Crippen LogP contribution >= 0.6 is 11.8 Å². The lowest BCUT2D eigenvalue weighted by Gasteiger charge is -2.17. The van der Waals surface area contributed by atoms with Crippen LogP contribution < -0.4 is 0 Å². The molecule has 4 heteroatoms. The summed E-state index contributed by atoms with van der Waals surface area (Å²) in [6, 6.07) is 11.5. The highest BCUT2D eigenvalue weighted by Gasteiger charge is 2.29. The molecule has 2 atom stereocenters. The van der Waals surface area contributed by atoms with Crippen molar-refractivity contribution in [1.82, 2.24) is 0 Å². The highest BCUT2D eigenvalue weighted by Crippen LogP contribution is 2.42. The van der Waals surface area contributed by atoms with Crippen LogP contribution in [0.4, 0.5) is 8.78 Å². The molecule has 0 saturated carbocycles. The minimum atomic E-state index is -0.919. The molecular weight excluding hydrogens is 266 g/mol.